The molecule has 7 heteroatoms. The van der Waals surface area contributed by atoms with Crippen LogP contribution in [0.1, 0.15) is 58.2 Å². The summed E-state index contributed by atoms with van der Waals surface area (Å²) < 4.78 is 13.8. The summed E-state index contributed by atoms with van der Waals surface area (Å²) in [5, 5.41) is 0.824. The molecule has 0 bridgehead atoms. The van der Waals surface area contributed by atoms with Crippen LogP contribution in [0.5, 0.6) is 0 Å². The Balaban J connectivity index is 1.86. The molecule has 0 N–H and O–H groups in total. The number of hydrogen-bond donors (Lipinski definition) is 0. The molecule has 3 aromatic carbocycles. The van der Waals surface area contributed by atoms with Gasteiger partial charge in [-0.15, -0.1) is 0 Å². The minimum Gasteiger partial charge on any atom is -0.458 e. The molecule has 0 saturated carbocycles. The normalized spacial score (nSPS) is 12.6. The number of para-hydroxylation sites is 1. The molecule has 1 atom stereocenters. The predicted octanol–water partition coefficient (Wildman–Crippen LogP) is 7.98. The molecule has 0 aliphatic carbocycles. The second-order valence-corrected chi connectivity index (χ2v) is 12.5. The Morgan fingerprint density at radius 3 is 1.88 bits per heavy atom. The van der Waals surface area contributed by atoms with E-state index >= 15 is 0 Å². The van der Waals surface area contributed by atoms with Crippen molar-refractivity contribution in [1.82, 2.24) is 4.57 Å². The molecule has 0 saturated heterocycles. The molecule has 1 heterocycles. The number of esters is 1. The smallest absolute Gasteiger partial charge is 0.419 e. The van der Waals surface area contributed by atoms with Gasteiger partial charge in [-0.3, -0.25) is 9.56 Å². The average Bonchev–Trinajstić information content (AvgIpc) is 3.25. The maximum absolute atomic E-state index is 13.7. The fourth-order valence-corrected chi connectivity index (χ4v) is 4.91. The summed E-state index contributed by atoms with van der Waals surface area (Å²) in [6.07, 6.45) is 1.46. The molecule has 208 valence electrons. The molecule has 4 aromatic rings. The van der Waals surface area contributed by atoms with Gasteiger partial charge in [0.25, 0.3) is 0 Å². The Morgan fingerprint density at radius 1 is 0.800 bits per heavy atom. The lowest BCUT2D eigenvalue weighted by Gasteiger charge is -2.23. The van der Waals surface area contributed by atoms with Gasteiger partial charge in [0.05, 0.1) is 11.2 Å². The molecule has 1 aromatic heterocycles. The highest BCUT2D eigenvalue weighted by atomic mass is 79.9. The van der Waals surface area contributed by atoms with Gasteiger partial charge in [0.1, 0.15) is 11.2 Å². The van der Waals surface area contributed by atoms with E-state index in [0.717, 1.165) is 26.5 Å². The quantitative estimate of drug-likeness (QED) is 0.166. The third kappa shape index (κ3) is 7.27. The van der Waals surface area contributed by atoms with Gasteiger partial charge in [-0.1, -0.05) is 72.8 Å². The van der Waals surface area contributed by atoms with E-state index < -0.39 is 29.3 Å². The van der Waals surface area contributed by atoms with Crippen molar-refractivity contribution in [2.45, 2.75) is 65.2 Å². The predicted molar refractivity (Wildman–Crippen MR) is 163 cm³/mol. The van der Waals surface area contributed by atoms with Crippen molar-refractivity contribution in [3.8, 4) is 0 Å². The van der Waals surface area contributed by atoms with Crippen molar-refractivity contribution < 1.29 is 19.1 Å². The van der Waals surface area contributed by atoms with Crippen LogP contribution < -0.4 is 0 Å². The summed E-state index contributed by atoms with van der Waals surface area (Å²) in [4.78, 5) is 31.9. The van der Waals surface area contributed by atoms with Crippen LogP contribution in [0, 0.1) is 0 Å². The van der Waals surface area contributed by atoms with E-state index in [0.29, 0.717) is 11.2 Å². The van der Waals surface area contributed by atoms with Crippen molar-refractivity contribution in [1.29, 1.82) is 0 Å². The summed E-state index contributed by atoms with van der Waals surface area (Å²) in [7, 11) is 0. The summed E-state index contributed by atoms with van der Waals surface area (Å²) >= 11 is 3.60. The third-order valence-electron chi connectivity index (χ3n) is 5.92. The van der Waals surface area contributed by atoms with Gasteiger partial charge < -0.3 is 9.47 Å². The summed E-state index contributed by atoms with van der Waals surface area (Å²) in [5.41, 5.74) is 2.56. The first-order valence-corrected chi connectivity index (χ1v) is 14.0. The van der Waals surface area contributed by atoms with Crippen molar-refractivity contribution >= 4 is 44.6 Å². The number of halogens is 1. The van der Waals surface area contributed by atoms with Crippen LogP contribution in [0.2, 0.25) is 0 Å². The van der Waals surface area contributed by atoms with Crippen LogP contribution >= 0.6 is 15.9 Å². The zero-order valence-corrected chi connectivity index (χ0v) is 25.4. The largest absolute Gasteiger partial charge is 0.458 e. The Bertz CT molecular complexity index is 1490. The standard InChI is InChI=1S/C33H35BrN2O4/c1-32(2,3)39-30(37)27(35-28(22-14-9-7-10-15-22)23-16-11-8-12-17-23)20-24-21-36(31(38)40-33(4,5)6)29-25(24)18-13-19-26(29)34/h7-19,21,27H,20H2,1-6H3/t27-/m0/s1. The van der Waals surface area contributed by atoms with Gasteiger partial charge in [-0.25, -0.2) is 9.59 Å². The lowest BCUT2D eigenvalue weighted by Crippen LogP contribution is -2.33. The number of hydrogen-bond acceptors (Lipinski definition) is 5. The Kier molecular flexibility index (Phi) is 8.64. The number of ether oxygens (including phenoxy) is 2. The number of carbonyl (C=O) groups excluding carboxylic acids is 2. The first kappa shape index (κ1) is 29.3. The van der Waals surface area contributed by atoms with Gasteiger partial charge in [0.15, 0.2) is 6.04 Å². The second-order valence-electron chi connectivity index (χ2n) is 11.6. The van der Waals surface area contributed by atoms with E-state index in [1.54, 1.807) is 6.20 Å². The number of nitrogens with zero attached hydrogens (tertiary/aromatic N) is 2. The monoisotopic (exact) mass is 602 g/mol. The Hall–Kier alpha value is -3.71. The van der Waals surface area contributed by atoms with Crippen molar-refractivity contribution in [3.05, 3.63) is 106 Å². The van der Waals surface area contributed by atoms with E-state index in [2.05, 4.69) is 15.9 Å². The maximum Gasteiger partial charge on any atom is 0.419 e. The van der Waals surface area contributed by atoms with E-state index in [-0.39, 0.29) is 6.42 Å². The lowest BCUT2D eigenvalue weighted by atomic mass is 10.0. The molecule has 0 radical (unpaired) electrons. The van der Waals surface area contributed by atoms with Crippen molar-refractivity contribution in [2.24, 2.45) is 4.99 Å². The van der Waals surface area contributed by atoms with Gasteiger partial charge >= 0.3 is 12.1 Å². The fraction of sp³-hybridized carbons (Fsp3) is 0.303. The molecule has 0 fully saturated rings. The molecule has 0 spiro atoms. The van der Waals surface area contributed by atoms with Crippen molar-refractivity contribution in [2.75, 3.05) is 0 Å². The van der Waals surface area contributed by atoms with Crippen molar-refractivity contribution in [3.63, 3.8) is 0 Å². The SMILES string of the molecule is CC(C)(C)OC(=O)[C@H](Cc1cn(C(=O)OC(C)(C)C)c2c(Br)cccc12)N=C(c1ccccc1)c1ccccc1. The average molecular weight is 604 g/mol. The molecule has 0 aliphatic rings. The van der Waals surface area contributed by atoms with E-state index in [1.165, 1.54) is 4.57 Å². The highest BCUT2D eigenvalue weighted by Gasteiger charge is 2.29. The summed E-state index contributed by atoms with van der Waals surface area (Å²) in [6.45, 7) is 11.0. The molecule has 40 heavy (non-hydrogen) atoms. The molecule has 4 rings (SSSR count). The number of aromatic nitrogens is 1. The molecule has 6 nitrogen and oxygen atoms in total. The van der Waals surface area contributed by atoms with Gasteiger partial charge in [-0.05, 0) is 69.1 Å². The number of carbonyl (C=O) groups is 2. The minimum atomic E-state index is -0.869. The van der Waals surface area contributed by atoms with Crippen LogP contribution in [-0.4, -0.2) is 39.6 Å². The molecule has 0 amide bonds. The molecular formula is C33H35BrN2O4. The first-order chi connectivity index (χ1) is 18.8. The molecular weight excluding hydrogens is 568 g/mol. The van der Waals surface area contributed by atoms with Crippen LogP contribution in [0.25, 0.3) is 10.9 Å². The van der Waals surface area contributed by atoms with E-state index in [4.69, 9.17) is 14.5 Å². The summed E-state index contributed by atoms with van der Waals surface area (Å²) in [5.74, 6) is -0.440. The first-order valence-electron chi connectivity index (χ1n) is 13.3. The van der Waals surface area contributed by atoms with Crippen LogP contribution in [0.4, 0.5) is 4.79 Å². The Morgan fingerprint density at radius 2 is 1.35 bits per heavy atom. The van der Waals surface area contributed by atoms with E-state index in [1.807, 2.05) is 120 Å². The Labute approximate surface area is 244 Å². The van der Waals surface area contributed by atoms with Crippen LogP contribution in [-0.2, 0) is 20.7 Å². The molecule has 0 unspecified atom stereocenters. The highest BCUT2D eigenvalue weighted by molar-refractivity contribution is 9.10. The van der Waals surface area contributed by atoms with Gasteiger partial charge in [0.2, 0.25) is 0 Å². The van der Waals surface area contributed by atoms with Gasteiger partial charge in [-0.2, -0.15) is 0 Å². The zero-order valence-electron chi connectivity index (χ0n) is 23.8. The minimum absolute atomic E-state index is 0.223. The number of rotatable bonds is 6. The number of aliphatic imine (C=N–C) groups is 1. The topological polar surface area (TPSA) is 69.9 Å². The van der Waals surface area contributed by atoms with E-state index in [9.17, 15) is 9.59 Å². The van der Waals surface area contributed by atoms with Crippen LogP contribution in [0.3, 0.4) is 0 Å². The zero-order chi connectivity index (χ0) is 29.1. The summed E-state index contributed by atoms with van der Waals surface area (Å²) in [6, 6.07) is 24.4. The van der Waals surface area contributed by atoms with Gasteiger partial charge in [0, 0.05) is 33.6 Å². The third-order valence-corrected chi connectivity index (χ3v) is 6.56. The maximum atomic E-state index is 13.7. The number of benzene rings is 3. The second kappa shape index (κ2) is 11.8. The fourth-order valence-electron chi connectivity index (χ4n) is 4.35. The molecule has 0 aliphatic heterocycles. The number of fused-ring (bicyclic) bond motifs is 1. The highest BCUT2D eigenvalue weighted by Crippen LogP contribution is 2.31. The van der Waals surface area contributed by atoms with Crippen LogP contribution in [0.15, 0.2) is 94.5 Å². The lowest BCUT2D eigenvalue weighted by molar-refractivity contribution is -0.156.